The molecule has 0 spiro atoms. The minimum absolute atomic E-state index is 0.0171. The van der Waals surface area contributed by atoms with Crippen molar-refractivity contribution in [2.24, 2.45) is 0 Å². The number of carbonyl (C=O) groups is 1. The molecule has 5 heteroatoms. The van der Waals surface area contributed by atoms with Crippen molar-refractivity contribution in [3.05, 3.63) is 58.9 Å². The first-order valence-electron chi connectivity index (χ1n) is 9.13. The molecule has 1 atom stereocenters. The maximum atomic E-state index is 12.9. The number of pyridine rings is 1. The Bertz CT molecular complexity index is 925. The highest BCUT2D eigenvalue weighted by molar-refractivity contribution is 5.98. The molecule has 2 heterocycles. The second kappa shape index (κ2) is 7.28. The van der Waals surface area contributed by atoms with E-state index in [1.165, 1.54) is 5.56 Å². The lowest BCUT2D eigenvalue weighted by atomic mass is 10.0. The van der Waals surface area contributed by atoms with E-state index in [1.807, 2.05) is 17.7 Å². The van der Waals surface area contributed by atoms with Crippen LogP contribution in [0.2, 0.25) is 0 Å². The summed E-state index contributed by atoms with van der Waals surface area (Å²) in [5, 5.41) is 8.43. The number of benzene rings is 1. The summed E-state index contributed by atoms with van der Waals surface area (Å²) >= 11 is 0. The fraction of sp³-hybridized carbons (Fsp3) is 0.381. The van der Waals surface area contributed by atoms with Crippen LogP contribution >= 0.6 is 0 Å². The second-order valence-electron chi connectivity index (χ2n) is 7.06. The van der Waals surface area contributed by atoms with Gasteiger partial charge in [0.25, 0.3) is 5.91 Å². The lowest BCUT2D eigenvalue weighted by Crippen LogP contribution is -2.29. The van der Waals surface area contributed by atoms with Crippen molar-refractivity contribution in [3.63, 3.8) is 0 Å². The van der Waals surface area contributed by atoms with E-state index >= 15 is 0 Å². The Kier molecular flexibility index (Phi) is 5.07. The van der Waals surface area contributed by atoms with Gasteiger partial charge in [-0.1, -0.05) is 36.8 Å². The van der Waals surface area contributed by atoms with Gasteiger partial charge in [-0.25, -0.2) is 9.67 Å². The van der Waals surface area contributed by atoms with Crippen LogP contribution in [0.3, 0.4) is 0 Å². The summed E-state index contributed by atoms with van der Waals surface area (Å²) in [5.74, 6) is -0.0957. The Morgan fingerprint density at radius 1 is 1.19 bits per heavy atom. The minimum atomic E-state index is -0.0957. The van der Waals surface area contributed by atoms with Gasteiger partial charge in [0.1, 0.15) is 0 Å². The molecule has 0 aliphatic carbocycles. The van der Waals surface area contributed by atoms with Crippen LogP contribution < -0.4 is 5.32 Å². The summed E-state index contributed by atoms with van der Waals surface area (Å²) in [5.41, 5.74) is 4.47. The molecular formula is C21H26N4O. The summed E-state index contributed by atoms with van der Waals surface area (Å²) in [6, 6.07) is 10.4. The molecule has 0 saturated carbocycles. The number of hydrogen-bond acceptors (Lipinski definition) is 3. The number of amides is 1. The molecule has 5 nitrogen and oxygen atoms in total. The van der Waals surface area contributed by atoms with Gasteiger partial charge in [-0.05, 0) is 45.7 Å². The van der Waals surface area contributed by atoms with Gasteiger partial charge in [0.15, 0.2) is 5.65 Å². The Morgan fingerprint density at radius 2 is 1.88 bits per heavy atom. The van der Waals surface area contributed by atoms with Crippen LogP contribution in [0.15, 0.2) is 36.5 Å². The van der Waals surface area contributed by atoms with Gasteiger partial charge in [-0.3, -0.25) is 4.79 Å². The Hall–Kier alpha value is -2.69. The second-order valence-corrected chi connectivity index (χ2v) is 7.06. The molecule has 26 heavy (non-hydrogen) atoms. The zero-order valence-corrected chi connectivity index (χ0v) is 16.1. The number of aryl methyl sites for hydroxylation is 2. The third kappa shape index (κ3) is 3.47. The summed E-state index contributed by atoms with van der Waals surface area (Å²) in [4.78, 5) is 17.5. The molecular weight excluding hydrogens is 324 g/mol. The summed E-state index contributed by atoms with van der Waals surface area (Å²) < 4.78 is 1.88. The van der Waals surface area contributed by atoms with E-state index in [9.17, 15) is 4.79 Å². The molecule has 0 aliphatic rings. The van der Waals surface area contributed by atoms with E-state index in [4.69, 9.17) is 0 Å². The van der Waals surface area contributed by atoms with E-state index in [-0.39, 0.29) is 18.0 Å². The third-order valence-electron chi connectivity index (χ3n) is 4.69. The average Bonchev–Trinajstić information content (AvgIpc) is 3.02. The number of hydrogen-bond donors (Lipinski definition) is 1. The van der Waals surface area contributed by atoms with Crippen LogP contribution in [-0.2, 0) is 0 Å². The van der Waals surface area contributed by atoms with Crippen LogP contribution in [0.5, 0.6) is 0 Å². The molecule has 3 aromatic rings. The quantitative estimate of drug-likeness (QED) is 0.736. The molecule has 0 saturated heterocycles. The fourth-order valence-corrected chi connectivity index (χ4v) is 3.13. The maximum absolute atomic E-state index is 12.9. The zero-order chi connectivity index (χ0) is 18.8. The number of nitrogens with one attached hydrogen (secondary N) is 1. The number of rotatable bonds is 5. The highest BCUT2D eigenvalue weighted by Crippen LogP contribution is 2.21. The Morgan fingerprint density at radius 3 is 2.50 bits per heavy atom. The molecule has 1 N–H and O–H groups in total. The molecule has 1 unspecified atom stereocenters. The van der Waals surface area contributed by atoms with Crippen LogP contribution in [-0.4, -0.2) is 20.7 Å². The van der Waals surface area contributed by atoms with Crippen LogP contribution in [0.4, 0.5) is 0 Å². The van der Waals surface area contributed by atoms with Crippen LogP contribution in [0.1, 0.15) is 66.5 Å². The highest BCUT2D eigenvalue weighted by atomic mass is 16.1. The standard InChI is InChI=1S/C21H26N4O/c1-6-19(16-9-7-14(4)8-10-16)24-21(26)18-11-17-12-22-25(13(2)3)20(17)23-15(18)5/h7-13,19H,6H2,1-5H3,(H,24,26). The summed E-state index contributed by atoms with van der Waals surface area (Å²) in [6.45, 7) is 10.1. The SMILES string of the molecule is CCC(NC(=O)c1cc2cnn(C(C)C)c2nc1C)c1ccc(C)cc1. The molecule has 0 bridgehead atoms. The van der Waals surface area contributed by atoms with Gasteiger partial charge >= 0.3 is 0 Å². The first kappa shape index (κ1) is 18.1. The van der Waals surface area contributed by atoms with Crippen molar-refractivity contribution in [3.8, 4) is 0 Å². The average molecular weight is 350 g/mol. The van der Waals surface area contributed by atoms with Gasteiger partial charge < -0.3 is 5.32 Å². The number of fused-ring (bicyclic) bond motifs is 1. The van der Waals surface area contributed by atoms with Crippen molar-refractivity contribution in [1.29, 1.82) is 0 Å². The van der Waals surface area contributed by atoms with E-state index in [1.54, 1.807) is 6.20 Å². The number of carbonyl (C=O) groups excluding carboxylic acids is 1. The summed E-state index contributed by atoms with van der Waals surface area (Å²) in [6.07, 6.45) is 2.60. The maximum Gasteiger partial charge on any atom is 0.253 e. The van der Waals surface area contributed by atoms with E-state index < -0.39 is 0 Å². The van der Waals surface area contributed by atoms with Gasteiger partial charge in [-0.15, -0.1) is 0 Å². The first-order chi connectivity index (χ1) is 12.4. The predicted molar refractivity (Wildman–Crippen MR) is 104 cm³/mol. The van der Waals surface area contributed by atoms with Crippen molar-refractivity contribution >= 4 is 16.9 Å². The molecule has 2 aromatic heterocycles. The Balaban J connectivity index is 1.89. The van der Waals surface area contributed by atoms with Crippen molar-refractivity contribution < 1.29 is 4.79 Å². The lowest BCUT2D eigenvalue weighted by molar-refractivity contribution is 0.0934. The van der Waals surface area contributed by atoms with E-state index in [0.29, 0.717) is 5.56 Å². The molecule has 0 radical (unpaired) electrons. The van der Waals surface area contributed by atoms with E-state index in [0.717, 1.165) is 28.7 Å². The van der Waals surface area contributed by atoms with Crippen molar-refractivity contribution in [1.82, 2.24) is 20.1 Å². The monoisotopic (exact) mass is 350 g/mol. The molecule has 136 valence electrons. The molecule has 0 fully saturated rings. The van der Waals surface area contributed by atoms with Gasteiger partial charge in [0, 0.05) is 11.4 Å². The van der Waals surface area contributed by atoms with Gasteiger partial charge in [-0.2, -0.15) is 5.10 Å². The fourth-order valence-electron chi connectivity index (χ4n) is 3.13. The molecule has 1 amide bonds. The van der Waals surface area contributed by atoms with Crippen molar-refractivity contribution in [2.75, 3.05) is 0 Å². The van der Waals surface area contributed by atoms with Crippen LogP contribution in [0.25, 0.3) is 11.0 Å². The van der Waals surface area contributed by atoms with Crippen molar-refractivity contribution in [2.45, 2.75) is 53.1 Å². The largest absolute Gasteiger partial charge is 0.345 e. The molecule has 1 aromatic carbocycles. The highest BCUT2D eigenvalue weighted by Gasteiger charge is 2.18. The molecule has 3 rings (SSSR count). The first-order valence-corrected chi connectivity index (χ1v) is 9.13. The molecule has 0 aliphatic heterocycles. The zero-order valence-electron chi connectivity index (χ0n) is 16.1. The lowest BCUT2D eigenvalue weighted by Gasteiger charge is -2.18. The van der Waals surface area contributed by atoms with Gasteiger partial charge in [0.05, 0.1) is 23.5 Å². The number of nitrogens with zero attached hydrogens (tertiary/aromatic N) is 3. The van der Waals surface area contributed by atoms with E-state index in [2.05, 4.69) is 67.4 Å². The normalized spacial score (nSPS) is 12.5. The minimum Gasteiger partial charge on any atom is -0.345 e. The predicted octanol–water partition coefficient (Wildman–Crippen LogP) is 4.51. The third-order valence-corrected chi connectivity index (χ3v) is 4.69. The summed E-state index contributed by atoms with van der Waals surface area (Å²) in [7, 11) is 0. The number of aromatic nitrogens is 3. The Labute approximate surface area is 154 Å². The van der Waals surface area contributed by atoms with Crippen LogP contribution in [0, 0.1) is 13.8 Å². The smallest absolute Gasteiger partial charge is 0.253 e. The topological polar surface area (TPSA) is 59.8 Å². The van der Waals surface area contributed by atoms with Gasteiger partial charge in [0.2, 0.25) is 0 Å².